The lowest BCUT2D eigenvalue weighted by molar-refractivity contribution is -0.113. The van der Waals surface area contributed by atoms with Gasteiger partial charge in [0.2, 0.25) is 0 Å². The molecule has 2 rings (SSSR count). The molecule has 0 saturated heterocycles. The first-order valence-corrected chi connectivity index (χ1v) is 4.00. The van der Waals surface area contributed by atoms with E-state index in [1.54, 1.807) is 13.2 Å². The highest BCUT2D eigenvalue weighted by molar-refractivity contribution is 5.96. The van der Waals surface area contributed by atoms with Crippen molar-refractivity contribution >= 4 is 5.78 Å². The molecule has 0 radical (unpaired) electrons. The molecule has 2 atom stereocenters. The van der Waals surface area contributed by atoms with Gasteiger partial charge in [0, 0.05) is 11.5 Å². The smallest absolute Gasteiger partial charge is 0.159 e. The maximum Gasteiger partial charge on any atom is 0.159 e. The van der Waals surface area contributed by atoms with Gasteiger partial charge < -0.3 is 4.74 Å². The second kappa shape index (κ2) is 2.63. The summed E-state index contributed by atoms with van der Waals surface area (Å²) in [6.07, 6.45) is 9.50. The normalized spacial score (nSPS) is 30.9. The van der Waals surface area contributed by atoms with Crippen LogP contribution in [0.1, 0.15) is 6.92 Å². The number of carbonyl (C=O) groups is 1. The Bertz CT molecular complexity index is 297. The van der Waals surface area contributed by atoms with Crippen molar-refractivity contribution in [2.45, 2.75) is 13.0 Å². The standard InChI is InChI=1S/C10H10O2/c1-7(11)8-2-3-10-9(6-8)4-5-12-10/h2-6,9-10H,1H3. The summed E-state index contributed by atoms with van der Waals surface area (Å²) in [6, 6.07) is 0. The Morgan fingerprint density at radius 3 is 3.08 bits per heavy atom. The predicted molar refractivity (Wildman–Crippen MR) is 45.4 cm³/mol. The minimum atomic E-state index is 0.116. The van der Waals surface area contributed by atoms with Crippen molar-refractivity contribution in [1.82, 2.24) is 0 Å². The SMILES string of the molecule is CC(=O)C1=CC2C=COC2C=C1. The van der Waals surface area contributed by atoms with E-state index >= 15 is 0 Å². The predicted octanol–water partition coefficient (Wildman–Crippen LogP) is 1.60. The molecule has 0 saturated carbocycles. The number of rotatable bonds is 1. The van der Waals surface area contributed by atoms with Crippen molar-refractivity contribution in [1.29, 1.82) is 0 Å². The van der Waals surface area contributed by atoms with Crippen molar-refractivity contribution in [2.24, 2.45) is 5.92 Å². The van der Waals surface area contributed by atoms with E-state index in [0.717, 1.165) is 5.57 Å². The average molecular weight is 162 g/mol. The van der Waals surface area contributed by atoms with Crippen LogP contribution in [0.2, 0.25) is 0 Å². The molecule has 0 aromatic heterocycles. The minimum Gasteiger partial charge on any atom is -0.493 e. The highest BCUT2D eigenvalue weighted by Crippen LogP contribution is 2.26. The summed E-state index contributed by atoms with van der Waals surface area (Å²) in [5.41, 5.74) is 0.784. The van der Waals surface area contributed by atoms with E-state index in [2.05, 4.69) is 0 Å². The summed E-state index contributed by atoms with van der Waals surface area (Å²) < 4.78 is 5.26. The van der Waals surface area contributed by atoms with Crippen LogP contribution >= 0.6 is 0 Å². The Morgan fingerprint density at radius 1 is 1.50 bits per heavy atom. The van der Waals surface area contributed by atoms with Gasteiger partial charge in [0.05, 0.1) is 6.26 Å². The summed E-state index contributed by atoms with van der Waals surface area (Å²) in [5.74, 6) is 0.374. The molecule has 1 heterocycles. The molecule has 1 aliphatic carbocycles. The Balaban J connectivity index is 2.25. The van der Waals surface area contributed by atoms with Crippen LogP contribution in [0, 0.1) is 5.92 Å². The van der Waals surface area contributed by atoms with E-state index < -0.39 is 0 Å². The monoisotopic (exact) mass is 162 g/mol. The maximum atomic E-state index is 11.0. The third-order valence-corrected chi connectivity index (χ3v) is 2.16. The van der Waals surface area contributed by atoms with Gasteiger partial charge in [-0.3, -0.25) is 4.79 Å². The topological polar surface area (TPSA) is 26.3 Å². The zero-order chi connectivity index (χ0) is 8.55. The first-order valence-electron chi connectivity index (χ1n) is 4.00. The Hall–Kier alpha value is -1.31. The van der Waals surface area contributed by atoms with Crippen LogP contribution < -0.4 is 0 Å². The fraction of sp³-hybridized carbons (Fsp3) is 0.300. The fourth-order valence-corrected chi connectivity index (χ4v) is 1.45. The van der Waals surface area contributed by atoms with Crippen LogP contribution in [0.4, 0.5) is 0 Å². The van der Waals surface area contributed by atoms with Crippen LogP contribution in [0.15, 0.2) is 36.1 Å². The van der Waals surface area contributed by atoms with Gasteiger partial charge in [-0.15, -0.1) is 0 Å². The molecule has 2 heteroatoms. The first-order chi connectivity index (χ1) is 5.77. The highest BCUT2D eigenvalue weighted by Gasteiger charge is 2.23. The van der Waals surface area contributed by atoms with E-state index in [-0.39, 0.29) is 17.8 Å². The number of carbonyl (C=O) groups excluding carboxylic acids is 1. The number of hydrogen-bond acceptors (Lipinski definition) is 2. The largest absolute Gasteiger partial charge is 0.493 e. The molecule has 62 valence electrons. The molecule has 0 aromatic carbocycles. The van der Waals surface area contributed by atoms with Gasteiger partial charge in [-0.05, 0) is 19.1 Å². The number of allylic oxidation sites excluding steroid dienone is 2. The van der Waals surface area contributed by atoms with E-state index in [1.165, 1.54) is 0 Å². The summed E-state index contributed by atoms with van der Waals surface area (Å²) in [5, 5.41) is 0. The molecule has 0 amide bonds. The van der Waals surface area contributed by atoms with Gasteiger partial charge in [-0.1, -0.05) is 12.2 Å². The van der Waals surface area contributed by atoms with Crippen LogP contribution in [0.3, 0.4) is 0 Å². The molecule has 0 fully saturated rings. The second-order valence-corrected chi connectivity index (χ2v) is 3.04. The maximum absolute atomic E-state index is 11.0. The zero-order valence-corrected chi connectivity index (χ0v) is 6.86. The van der Waals surface area contributed by atoms with Crippen molar-refractivity contribution in [2.75, 3.05) is 0 Å². The molecule has 12 heavy (non-hydrogen) atoms. The van der Waals surface area contributed by atoms with E-state index in [1.807, 2.05) is 24.3 Å². The minimum absolute atomic E-state index is 0.116. The Morgan fingerprint density at radius 2 is 2.33 bits per heavy atom. The van der Waals surface area contributed by atoms with Gasteiger partial charge >= 0.3 is 0 Å². The summed E-state index contributed by atoms with van der Waals surface area (Å²) in [7, 11) is 0. The molecule has 0 spiro atoms. The number of ketones is 1. The number of ether oxygens (including phenoxy) is 1. The van der Waals surface area contributed by atoms with Gasteiger partial charge in [0.1, 0.15) is 6.10 Å². The van der Waals surface area contributed by atoms with Crippen molar-refractivity contribution in [3.63, 3.8) is 0 Å². The summed E-state index contributed by atoms with van der Waals surface area (Å²) in [6.45, 7) is 1.58. The van der Waals surface area contributed by atoms with Gasteiger partial charge in [0.25, 0.3) is 0 Å². The zero-order valence-electron chi connectivity index (χ0n) is 6.86. The van der Waals surface area contributed by atoms with Crippen LogP contribution in [-0.2, 0) is 9.53 Å². The molecular formula is C10H10O2. The van der Waals surface area contributed by atoms with Crippen molar-refractivity contribution in [3.05, 3.63) is 36.1 Å². The average Bonchev–Trinajstić information content (AvgIpc) is 2.49. The number of fused-ring (bicyclic) bond motifs is 1. The molecule has 2 unspecified atom stereocenters. The van der Waals surface area contributed by atoms with Crippen LogP contribution in [0.25, 0.3) is 0 Å². The molecule has 2 nitrogen and oxygen atoms in total. The molecule has 0 N–H and O–H groups in total. The van der Waals surface area contributed by atoms with Gasteiger partial charge in [-0.25, -0.2) is 0 Å². The third-order valence-electron chi connectivity index (χ3n) is 2.16. The van der Waals surface area contributed by atoms with E-state index in [0.29, 0.717) is 0 Å². The van der Waals surface area contributed by atoms with Gasteiger partial charge in [0.15, 0.2) is 5.78 Å². The fourth-order valence-electron chi connectivity index (χ4n) is 1.45. The second-order valence-electron chi connectivity index (χ2n) is 3.04. The van der Waals surface area contributed by atoms with Crippen molar-refractivity contribution < 1.29 is 9.53 Å². The lowest BCUT2D eigenvalue weighted by atomic mass is 9.93. The summed E-state index contributed by atoms with van der Waals surface area (Å²) >= 11 is 0. The van der Waals surface area contributed by atoms with Crippen LogP contribution in [0.5, 0.6) is 0 Å². The number of Topliss-reactive ketones (excluding diaryl/α,β-unsaturated/α-hetero) is 1. The quantitative estimate of drug-likeness (QED) is 0.585. The lowest BCUT2D eigenvalue weighted by Gasteiger charge is -2.16. The van der Waals surface area contributed by atoms with E-state index in [9.17, 15) is 4.79 Å². The molecular weight excluding hydrogens is 152 g/mol. The third kappa shape index (κ3) is 1.09. The summed E-state index contributed by atoms with van der Waals surface area (Å²) in [4.78, 5) is 11.0. The highest BCUT2D eigenvalue weighted by atomic mass is 16.5. The first kappa shape index (κ1) is 7.35. The molecule has 0 aromatic rings. The van der Waals surface area contributed by atoms with Crippen LogP contribution in [-0.4, -0.2) is 11.9 Å². The lowest BCUT2D eigenvalue weighted by Crippen LogP contribution is -2.16. The van der Waals surface area contributed by atoms with E-state index in [4.69, 9.17) is 4.74 Å². The van der Waals surface area contributed by atoms with Crippen molar-refractivity contribution in [3.8, 4) is 0 Å². The molecule has 1 aliphatic heterocycles. The molecule has 2 aliphatic rings. The molecule has 0 bridgehead atoms. The number of hydrogen-bond donors (Lipinski definition) is 0. The van der Waals surface area contributed by atoms with Gasteiger partial charge in [-0.2, -0.15) is 0 Å². The Kier molecular flexibility index (Phi) is 1.61. The Labute approximate surface area is 71.2 Å².